The first-order valence-electron chi connectivity index (χ1n) is 6.48. The van der Waals surface area contributed by atoms with Crippen LogP contribution < -0.4 is 5.73 Å². The van der Waals surface area contributed by atoms with Crippen molar-refractivity contribution in [3.05, 3.63) is 66.4 Å². The van der Waals surface area contributed by atoms with E-state index in [0.29, 0.717) is 0 Å². The summed E-state index contributed by atoms with van der Waals surface area (Å²) in [6.07, 6.45) is 1.63. The van der Waals surface area contributed by atoms with Crippen LogP contribution in [0, 0.1) is 0 Å². The first-order valence-corrected chi connectivity index (χ1v) is 8.13. The number of fused-ring (bicyclic) bond motifs is 1. The van der Waals surface area contributed by atoms with Crippen LogP contribution in [-0.4, -0.2) is 13.4 Å². The average molecular weight is 298 g/mol. The van der Waals surface area contributed by atoms with E-state index in [9.17, 15) is 8.42 Å². The third kappa shape index (κ3) is 2.60. The van der Waals surface area contributed by atoms with Gasteiger partial charge in [-0.2, -0.15) is 0 Å². The van der Waals surface area contributed by atoms with Crippen LogP contribution in [0.25, 0.3) is 10.9 Å². The molecular formula is C16H14N2O2S. The molecule has 0 saturated heterocycles. The molecule has 0 bridgehead atoms. The molecular weight excluding hydrogens is 284 g/mol. The zero-order valence-corrected chi connectivity index (χ0v) is 12.0. The fourth-order valence-corrected chi connectivity index (χ4v) is 3.86. The van der Waals surface area contributed by atoms with Crippen LogP contribution in [0.15, 0.2) is 65.7 Å². The predicted octanol–water partition coefficient (Wildman–Crippen LogP) is 2.79. The minimum atomic E-state index is -3.49. The van der Waals surface area contributed by atoms with Crippen LogP contribution in [0.1, 0.15) is 5.56 Å². The van der Waals surface area contributed by atoms with Gasteiger partial charge >= 0.3 is 0 Å². The molecule has 0 spiro atoms. The summed E-state index contributed by atoms with van der Waals surface area (Å²) in [4.78, 5) is 4.41. The maximum Gasteiger partial charge on any atom is 0.184 e. The van der Waals surface area contributed by atoms with Crippen molar-refractivity contribution in [1.82, 2.24) is 4.98 Å². The largest absolute Gasteiger partial charge is 0.398 e. The maximum atomic E-state index is 12.6. The van der Waals surface area contributed by atoms with E-state index in [4.69, 9.17) is 5.73 Å². The van der Waals surface area contributed by atoms with Crippen LogP contribution in [-0.2, 0) is 15.6 Å². The van der Waals surface area contributed by atoms with Crippen LogP contribution in [0.2, 0.25) is 0 Å². The summed E-state index contributed by atoms with van der Waals surface area (Å²) in [7, 11) is -3.49. The van der Waals surface area contributed by atoms with E-state index in [2.05, 4.69) is 4.98 Å². The number of nitrogen functional groups attached to an aromatic ring is 1. The Hall–Kier alpha value is -2.40. The van der Waals surface area contributed by atoms with Crippen molar-refractivity contribution in [1.29, 1.82) is 0 Å². The number of para-hydroxylation sites is 2. The van der Waals surface area contributed by atoms with Crippen molar-refractivity contribution in [2.45, 2.75) is 10.6 Å². The van der Waals surface area contributed by atoms with Crippen molar-refractivity contribution < 1.29 is 8.42 Å². The van der Waals surface area contributed by atoms with E-state index < -0.39 is 9.84 Å². The van der Waals surface area contributed by atoms with Gasteiger partial charge in [-0.25, -0.2) is 8.42 Å². The number of rotatable bonds is 3. The highest BCUT2D eigenvalue weighted by Gasteiger charge is 2.19. The fraction of sp³-hybridized carbons (Fsp3) is 0.0625. The Balaban J connectivity index is 2.08. The van der Waals surface area contributed by atoms with Crippen LogP contribution >= 0.6 is 0 Å². The second kappa shape index (κ2) is 5.18. The smallest absolute Gasteiger partial charge is 0.184 e. The molecule has 0 aliphatic heterocycles. The lowest BCUT2D eigenvalue weighted by Gasteiger charge is -2.09. The van der Waals surface area contributed by atoms with Crippen molar-refractivity contribution in [3.8, 4) is 0 Å². The molecule has 0 saturated carbocycles. The zero-order chi connectivity index (χ0) is 14.9. The highest BCUT2D eigenvalue weighted by atomic mass is 32.2. The Morgan fingerprint density at radius 2 is 1.67 bits per heavy atom. The minimum absolute atomic E-state index is 0.0930. The lowest BCUT2D eigenvalue weighted by molar-refractivity contribution is 0.596. The van der Waals surface area contributed by atoms with Crippen molar-refractivity contribution in [3.63, 3.8) is 0 Å². The summed E-state index contributed by atoms with van der Waals surface area (Å²) in [5.41, 5.74) is 7.56. The van der Waals surface area contributed by atoms with Gasteiger partial charge in [-0.3, -0.25) is 4.98 Å². The van der Waals surface area contributed by atoms with Crippen LogP contribution in [0.3, 0.4) is 0 Å². The van der Waals surface area contributed by atoms with Gasteiger partial charge in [0, 0.05) is 11.6 Å². The van der Waals surface area contributed by atoms with Gasteiger partial charge in [-0.05, 0) is 29.8 Å². The third-order valence-electron chi connectivity index (χ3n) is 3.34. The first kappa shape index (κ1) is 13.6. The Bertz CT molecular complexity index is 900. The summed E-state index contributed by atoms with van der Waals surface area (Å²) in [5, 5.41) is 0.845. The maximum absolute atomic E-state index is 12.6. The molecule has 1 heterocycles. The second-order valence-electron chi connectivity index (χ2n) is 4.78. The monoisotopic (exact) mass is 298 g/mol. The van der Waals surface area contributed by atoms with Gasteiger partial charge in [0.15, 0.2) is 9.84 Å². The summed E-state index contributed by atoms with van der Waals surface area (Å²) in [6, 6.07) is 15.7. The molecule has 106 valence electrons. The molecule has 4 nitrogen and oxygen atoms in total. The van der Waals surface area contributed by atoms with E-state index in [-0.39, 0.29) is 16.3 Å². The topological polar surface area (TPSA) is 73.1 Å². The molecule has 1 aromatic heterocycles. The molecule has 0 atom stereocenters. The molecule has 0 fully saturated rings. The molecule has 2 aromatic carbocycles. The number of hydrogen-bond acceptors (Lipinski definition) is 4. The van der Waals surface area contributed by atoms with E-state index in [1.54, 1.807) is 30.5 Å². The highest BCUT2D eigenvalue weighted by molar-refractivity contribution is 7.90. The number of hydrogen-bond donors (Lipinski definition) is 1. The second-order valence-corrected chi connectivity index (χ2v) is 6.74. The Morgan fingerprint density at radius 1 is 0.952 bits per heavy atom. The van der Waals surface area contributed by atoms with Gasteiger partial charge < -0.3 is 5.73 Å². The molecule has 5 heteroatoms. The van der Waals surface area contributed by atoms with Gasteiger partial charge in [0.1, 0.15) is 0 Å². The number of nitrogens with zero attached hydrogens (tertiary/aromatic N) is 1. The number of pyridine rings is 1. The standard InChI is InChI=1S/C16H14N2O2S/c17-14-6-2-4-8-16(14)21(19,20)11-12-9-10-18-15-7-3-1-5-13(12)15/h1-10H,11,17H2. The van der Waals surface area contributed by atoms with E-state index >= 15 is 0 Å². The van der Waals surface area contributed by atoms with Crippen molar-refractivity contribution in [2.75, 3.05) is 5.73 Å². The fourth-order valence-electron chi connectivity index (χ4n) is 2.33. The molecule has 21 heavy (non-hydrogen) atoms. The molecule has 0 amide bonds. The van der Waals surface area contributed by atoms with Crippen LogP contribution in [0.4, 0.5) is 5.69 Å². The Morgan fingerprint density at radius 3 is 2.48 bits per heavy atom. The van der Waals surface area contributed by atoms with E-state index in [1.165, 1.54) is 6.07 Å². The third-order valence-corrected chi connectivity index (χ3v) is 5.07. The Kier molecular flexibility index (Phi) is 3.35. The van der Waals surface area contributed by atoms with E-state index in [0.717, 1.165) is 16.5 Å². The summed E-state index contributed by atoms with van der Waals surface area (Å²) in [6.45, 7) is 0. The summed E-state index contributed by atoms with van der Waals surface area (Å²) < 4.78 is 25.1. The molecule has 2 N–H and O–H groups in total. The molecule has 3 aromatic rings. The van der Waals surface area contributed by atoms with Crippen molar-refractivity contribution in [2.24, 2.45) is 0 Å². The van der Waals surface area contributed by atoms with Gasteiger partial charge in [-0.15, -0.1) is 0 Å². The number of nitrogens with two attached hydrogens (primary N) is 1. The van der Waals surface area contributed by atoms with Gasteiger partial charge in [0.05, 0.1) is 21.9 Å². The SMILES string of the molecule is Nc1ccccc1S(=O)(=O)Cc1ccnc2ccccc12. The van der Waals surface area contributed by atoms with Gasteiger partial charge in [0.2, 0.25) is 0 Å². The van der Waals surface area contributed by atoms with Crippen LogP contribution in [0.5, 0.6) is 0 Å². The summed E-state index contributed by atoms with van der Waals surface area (Å²) >= 11 is 0. The normalized spacial score (nSPS) is 11.6. The number of aromatic nitrogens is 1. The van der Waals surface area contributed by atoms with Gasteiger partial charge in [-0.1, -0.05) is 30.3 Å². The number of anilines is 1. The summed E-state index contributed by atoms with van der Waals surface area (Å²) in [5.74, 6) is -0.0930. The lowest BCUT2D eigenvalue weighted by atomic mass is 10.1. The average Bonchev–Trinajstić information content (AvgIpc) is 2.47. The number of benzene rings is 2. The Labute approximate surface area is 123 Å². The first-order chi connectivity index (χ1) is 10.1. The molecule has 0 radical (unpaired) electrons. The van der Waals surface area contributed by atoms with E-state index in [1.807, 2.05) is 24.3 Å². The van der Waals surface area contributed by atoms with Gasteiger partial charge in [0.25, 0.3) is 0 Å². The quantitative estimate of drug-likeness (QED) is 0.755. The zero-order valence-electron chi connectivity index (χ0n) is 11.2. The minimum Gasteiger partial charge on any atom is -0.398 e. The highest BCUT2D eigenvalue weighted by Crippen LogP contribution is 2.25. The number of sulfone groups is 1. The molecule has 0 aliphatic rings. The molecule has 3 rings (SSSR count). The lowest BCUT2D eigenvalue weighted by Crippen LogP contribution is -2.08. The predicted molar refractivity (Wildman–Crippen MR) is 83.5 cm³/mol. The molecule has 0 aliphatic carbocycles. The molecule has 0 unspecified atom stereocenters. The van der Waals surface area contributed by atoms with Crippen molar-refractivity contribution >= 4 is 26.4 Å².